The number of thioether (sulfide) groups is 2. The molecule has 2 fully saturated rings. The van der Waals surface area contributed by atoms with Gasteiger partial charge in [0, 0.05) is 22.4 Å². The molecule has 0 aliphatic carbocycles. The Morgan fingerprint density at radius 3 is 2.77 bits per heavy atom. The number of ether oxygens (including phenoxy) is 1. The van der Waals surface area contributed by atoms with Gasteiger partial charge in [-0.25, -0.2) is 0 Å². The monoisotopic (exact) mass is 478 g/mol. The third kappa shape index (κ3) is 5.70. The average molecular weight is 479 g/mol. The smallest absolute Gasteiger partial charge is 0.237 e. The molecule has 2 saturated heterocycles. The van der Waals surface area contributed by atoms with Crippen molar-refractivity contribution < 1.29 is 30.0 Å². The SMILES string of the molecule is CS[C@H]1OC([C@H](NC(=O)[C@@H]2CC(SCc3cccs3)CN2)[C@@H](C)O)[C@H](O)[C@H](O)[C@H]1O. The molecule has 30 heavy (non-hydrogen) atoms. The first-order chi connectivity index (χ1) is 14.3. The average Bonchev–Trinajstić information content (AvgIpc) is 3.41. The van der Waals surface area contributed by atoms with Crippen molar-refractivity contribution in [1.29, 1.82) is 0 Å². The standard InChI is InChI=1S/C19H30N2O6S3/c1-9(22)13(17-15(24)14(23)16(25)19(27-17)28-2)21-18(26)12-6-11(7-20-12)30-8-10-4-3-5-29-10/h3-5,9,11-17,19-20,22-25H,6-8H2,1-2H3,(H,21,26)/t9-,11?,12+,13-,14+,15-,16-,17?,19-/m1/s1. The number of thiophene rings is 1. The van der Waals surface area contributed by atoms with Gasteiger partial charge in [-0.05, 0) is 31.0 Å². The van der Waals surface area contributed by atoms with Crippen molar-refractivity contribution in [1.82, 2.24) is 10.6 Å². The largest absolute Gasteiger partial charge is 0.391 e. The van der Waals surface area contributed by atoms with Crippen LogP contribution >= 0.6 is 34.9 Å². The molecule has 0 saturated carbocycles. The van der Waals surface area contributed by atoms with E-state index in [2.05, 4.69) is 22.1 Å². The van der Waals surface area contributed by atoms with Crippen LogP contribution in [0.25, 0.3) is 0 Å². The molecule has 6 N–H and O–H groups in total. The van der Waals surface area contributed by atoms with Crippen LogP contribution in [0.2, 0.25) is 0 Å². The molecule has 170 valence electrons. The Morgan fingerprint density at radius 2 is 2.13 bits per heavy atom. The second-order valence-electron chi connectivity index (χ2n) is 7.66. The van der Waals surface area contributed by atoms with Crippen LogP contribution in [0.5, 0.6) is 0 Å². The summed E-state index contributed by atoms with van der Waals surface area (Å²) in [5, 5.41) is 49.2. The van der Waals surface area contributed by atoms with E-state index in [0.29, 0.717) is 11.7 Å². The van der Waals surface area contributed by atoms with Crippen molar-refractivity contribution in [2.75, 3.05) is 12.8 Å². The van der Waals surface area contributed by atoms with Gasteiger partial charge in [-0.3, -0.25) is 4.79 Å². The van der Waals surface area contributed by atoms with Crippen LogP contribution in [0.4, 0.5) is 0 Å². The van der Waals surface area contributed by atoms with Crippen LogP contribution in [-0.4, -0.2) is 92.4 Å². The minimum atomic E-state index is -1.44. The van der Waals surface area contributed by atoms with Crippen molar-refractivity contribution in [3.63, 3.8) is 0 Å². The molecule has 0 spiro atoms. The molecule has 0 bridgehead atoms. The van der Waals surface area contributed by atoms with E-state index in [1.807, 2.05) is 17.8 Å². The molecule has 3 rings (SSSR count). The maximum atomic E-state index is 12.8. The van der Waals surface area contributed by atoms with Crippen LogP contribution in [0, 0.1) is 0 Å². The molecular weight excluding hydrogens is 448 g/mol. The van der Waals surface area contributed by atoms with Crippen molar-refractivity contribution in [2.24, 2.45) is 0 Å². The van der Waals surface area contributed by atoms with Gasteiger partial charge in [-0.2, -0.15) is 11.8 Å². The van der Waals surface area contributed by atoms with Crippen LogP contribution in [0.1, 0.15) is 18.2 Å². The quantitative estimate of drug-likeness (QED) is 0.299. The van der Waals surface area contributed by atoms with Crippen molar-refractivity contribution >= 4 is 40.8 Å². The van der Waals surface area contributed by atoms with Crippen molar-refractivity contribution in [3.8, 4) is 0 Å². The summed E-state index contributed by atoms with van der Waals surface area (Å²) in [6, 6.07) is 2.79. The summed E-state index contributed by atoms with van der Waals surface area (Å²) >= 11 is 4.72. The van der Waals surface area contributed by atoms with Gasteiger partial charge in [0.05, 0.1) is 18.2 Å². The van der Waals surface area contributed by atoms with Crippen molar-refractivity contribution in [3.05, 3.63) is 22.4 Å². The topological polar surface area (TPSA) is 131 Å². The Hall–Kier alpha value is -0.370. The third-order valence-corrected chi connectivity index (χ3v) is 8.69. The third-order valence-electron chi connectivity index (χ3n) is 5.47. The van der Waals surface area contributed by atoms with E-state index >= 15 is 0 Å². The van der Waals surface area contributed by atoms with Crippen molar-refractivity contribution in [2.45, 2.75) is 72.4 Å². The predicted molar refractivity (Wildman–Crippen MR) is 120 cm³/mol. The molecule has 0 aromatic carbocycles. The number of hydrogen-bond donors (Lipinski definition) is 6. The number of carbonyl (C=O) groups is 1. The van der Waals surface area contributed by atoms with Gasteiger partial charge in [-0.15, -0.1) is 23.1 Å². The molecule has 1 amide bonds. The first-order valence-electron chi connectivity index (χ1n) is 9.90. The molecule has 2 aliphatic rings. The highest BCUT2D eigenvalue weighted by atomic mass is 32.2. The lowest BCUT2D eigenvalue weighted by Crippen LogP contribution is -2.65. The van der Waals surface area contributed by atoms with Gasteiger partial charge < -0.3 is 35.8 Å². The van der Waals surface area contributed by atoms with E-state index in [-0.39, 0.29) is 5.91 Å². The summed E-state index contributed by atoms with van der Waals surface area (Å²) < 4.78 is 5.72. The molecule has 2 aliphatic heterocycles. The number of hydrogen-bond acceptors (Lipinski definition) is 10. The molecule has 1 aromatic rings. The van der Waals surface area contributed by atoms with Gasteiger partial charge in [0.1, 0.15) is 29.9 Å². The first-order valence-corrected chi connectivity index (χ1v) is 13.1. The number of rotatable bonds is 8. The summed E-state index contributed by atoms with van der Waals surface area (Å²) in [7, 11) is 0. The van der Waals surface area contributed by atoms with Gasteiger partial charge >= 0.3 is 0 Å². The predicted octanol–water partition coefficient (Wildman–Crippen LogP) is -0.252. The minimum Gasteiger partial charge on any atom is -0.391 e. The lowest BCUT2D eigenvalue weighted by molar-refractivity contribution is -0.211. The molecule has 8 nitrogen and oxygen atoms in total. The highest BCUT2D eigenvalue weighted by Gasteiger charge is 2.48. The van der Waals surface area contributed by atoms with E-state index in [9.17, 15) is 25.2 Å². The summed E-state index contributed by atoms with van der Waals surface area (Å²) in [6.45, 7) is 2.21. The highest BCUT2D eigenvalue weighted by molar-refractivity contribution is 7.99. The lowest BCUT2D eigenvalue weighted by atomic mass is 9.92. The Balaban J connectivity index is 1.57. The number of amides is 1. The number of aliphatic hydroxyl groups excluding tert-OH is 4. The van der Waals surface area contributed by atoms with E-state index < -0.39 is 48.0 Å². The van der Waals surface area contributed by atoms with Crippen LogP contribution in [0.15, 0.2) is 17.5 Å². The number of aliphatic hydroxyl groups is 4. The zero-order valence-corrected chi connectivity index (χ0v) is 19.3. The summed E-state index contributed by atoms with van der Waals surface area (Å²) in [6.07, 6.45) is -3.82. The first kappa shape index (κ1) is 24.3. The fraction of sp³-hybridized carbons (Fsp3) is 0.737. The molecule has 3 heterocycles. The fourth-order valence-corrected chi connectivity index (χ4v) is 6.42. The zero-order chi connectivity index (χ0) is 21.8. The second-order valence-corrected chi connectivity index (χ2v) is 10.9. The Morgan fingerprint density at radius 1 is 1.37 bits per heavy atom. The van der Waals surface area contributed by atoms with Crippen LogP contribution < -0.4 is 10.6 Å². The molecule has 1 aromatic heterocycles. The van der Waals surface area contributed by atoms with Crippen LogP contribution in [-0.2, 0) is 15.3 Å². The number of carbonyl (C=O) groups excluding carboxylic acids is 1. The van der Waals surface area contributed by atoms with Gasteiger partial charge in [0.2, 0.25) is 5.91 Å². The molecule has 11 heteroatoms. The Labute approximate surface area is 188 Å². The van der Waals surface area contributed by atoms with E-state index in [1.54, 1.807) is 17.6 Å². The maximum Gasteiger partial charge on any atom is 0.237 e. The zero-order valence-electron chi connectivity index (χ0n) is 16.9. The lowest BCUT2D eigenvalue weighted by Gasteiger charge is -2.44. The second kappa shape index (κ2) is 11.0. The molecule has 0 radical (unpaired) electrons. The minimum absolute atomic E-state index is 0.280. The van der Waals surface area contributed by atoms with Gasteiger partial charge in [-0.1, -0.05) is 6.07 Å². The fourth-order valence-electron chi connectivity index (χ4n) is 3.73. The summed E-state index contributed by atoms with van der Waals surface area (Å²) in [5.41, 5.74) is -0.769. The van der Waals surface area contributed by atoms with Gasteiger partial charge in [0.25, 0.3) is 0 Å². The van der Waals surface area contributed by atoms with E-state index in [1.165, 1.54) is 23.6 Å². The molecule has 9 atom stereocenters. The summed E-state index contributed by atoms with van der Waals surface area (Å²) in [4.78, 5) is 14.1. The van der Waals surface area contributed by atoms with Gasteiger partial charge in [0.15, 0.2) is 0 Å². The maximum absolute atomic E-state index is 12.8. The molecular formula is C19H30N2O6S3. The Kier molecular flexibility index (Phi) is 8.88. The number of nitrogens with one attached hydrogen (secondary N) is 2. The van der Waals surface area contributed by atoms with Crippen LogP contribution in [0.3, 0.4) is 0 Å². The van der Waals surface area contributed by atoms with E-state index in [0.717, 1.165) is 12.3 Å². The summed E-state index contributed by atoms with van der Waals surface area (Å²) in [5.74, 6) is 0.629. The Bertz CT molecular complexity index is 677. The normalized spacial score (nSPS) is 36.4. The van der Waals surface area contributed by atoms with E-state index in [4.69, 9.17) is 4.74 Å². The molecule has 2 unspecified atom stereocenters. The highest BCUT2D eigenvalue weighted by Crippen LogP contribution is 2.30.